The van der Waals surface area contributed by atoms with Crippen LogP contribution in [0, 0.1) is 5.82 Å². The Balaban J connectivity index is 2.49. The molecule has 0 aliphatic rings. The van der Waals surface area contributed by atoms with Crippen molar-refractivity contribution in [1.82, 2.24) is 5.32 Å². The number of hydrogen-bond donors (Lipinski definition) is 2. The Hall–Kier alpha value is -1.20. The Labute approximate surface area is 102 Å². The summed E-state index contributed by atoms with van der Waals surface area (Å²) in [5.41, 5.74) is 0.554. The van der Waals surface area contributed by atoms with Crippen molar-refractivity contribution in [2.45, 2.75) is 0 Å². The van der Waals surface area contributed by atoms with E-state index in [-0.39, 0.29) is 18.3 Å². The van der Waals surface area contributed by atoms with Crippen LogP contribution in [0.4, 0.5) is 10.1 Å². The van der Waals surface area contributed by atoms with Crippen LogP contribution in [0.25, 0.3) is 0 Å². The highest BCUT2D eigenvalue weighted by molar-refractivity contribution is 9.10. The Morgan fingerprint density at radius 1 is 1.56 bits per heavy atom. The van der Waals surface area contributed by atoms with Gasteiger partial charge in [0.05, 0.1) is 11.0 Å². The molecule has 0 saturated carbocycles. The molecule has 0 aliphatic carbocycles. The number of amides is 1. The van der Waals surface area contributed by atoms with Crippen LogP contribution >= 0.6 is 15.9 Å². The van der Waals surface area contributed by atoms with Crippen LogP contribution in [0.3, 0.4) is 0 Å². The van der Waals surface area contributed by atoms with Gasteiger partial charge in [-0.1, -0.05) is 6.08 Å². The van der Waals surface area contributed by atoms with E-state index in [1.165, 1.54) is 18.2 Å². The van der Waals surface area contributed by atoms with E-state index in [2.05, 4.69) is 33.1 Å². The molecular formula is C11H12BrFN2O. The SMILES string of the molecule is C=CCNCC(=O)Nc1ccc(F)c(Br)c1. The van der Waals surface area contributed by atoms with E-state index < -0.39 is 0 Å². The van der Waals surface area contributed by atoms with Gasteiger partial charge < -0.3 is 10.6 Å². The van der Waals surface area contributed by atoms with Crippen LogP contribution in [0.1, 0.15) is 0 Å². The molecule has 0 heterocycles. The summed E-state index contributed by atoms with van der Waals surface area (Å²) in [5.74, 6) is -0.539. The van der Waals surface area contributed by atoms with Crippen LogP contribution in [-0.4, -0.2) is 19.0 Å². The number of halogens is 2. The van der Waals surface area contributed by atoms with Crippen molar-refractivity contribution in [3.05, 3.63) is 41.1 Å². The highest BCUT2D eigenvalue weighted by atomic mass is 79.9. The molecule has 2 N–H and O–H groups in total. The predicted molar refractivity (Wildman–Crippen MR) is 65.8 cm³/mol. The van der Waals surface area contributed by atoms with E-state index in [9.17, 15) is 9.18 Å². The largest absolute Gasteiger partial charge is 0.325 e. The average Bonchev–Trinajstić information content (AvgIpc) is 2.24. The topological polar surface area (TPSA) is 41.1 Å². The first-order valence-corrected chi connectivity index (χ1v) is 5.49. The maximum atomic E-state index is 12.9. The number of rotatable bonds is 5. The summed E-state index contributed by atoms with van der Waals surface area (Å²) in [6, 6.07) is 4.31. The fourth-order valence-electron chi connectivity index (χ4n) is 1.07. The van der Waals surface area contributed by atoms with Crippen molar-refractivity contribution in [2.24, 2.45) is 0 Å². The quantitative estimate of drug-likeness (QED) is 0.644. The minimum atomic E-state index is -0.359. The molecule has 1 rings (SSSR count). The molecule has 1 aromatic rings. The van der Waals surface area contributed by atoms with Gasteiger partial charge >= 0.3 is 0 Å². The van der Waals surface area contributed by atoms with Crippen molar-refractivity contribution < 1.29 is 9.18 Å². The molecule has 0 radical (unpaired) electrons. The van der Waals surface area contributed by atoms with Crippen LogP contribution in [-0.2, 0) is 4.79 Å². The van der Waals surface area contributed by atoms with E-state index in [4.69, 9.17) is 0 Å². The molecule has 5 heteroatoms. The molecule has 16 heavy (non-hydrogen) atoms. The monoisotopic (exact) mass is 286 g/mol. The smallest absolute Gasteiger partial charge is 0.238 e. The predicted octanol–water partition coefficient (Wildman–Crippen LogP) is 2.30. The van der Waals surface area contributed by atoms with Crippen molar-refractivity contribution >= 4 is 27.5 Å². The lowest BCUT2D eigenvalue weighted by molar-refractivity contribution is -0.115. The van der Waals surface area contributed by atoms with E-state index in [1.807, 2.05) is 0 Å². The zero-order valence-electron chi connectivity index (χ0n) is 8.59. The first kappa shape index (κ1) is 12.9. The molecule has 0 unspecified atom stereocenters. The Kier molecular flexibility index (Phi) is 5.14. The van der Waals surface area contributed by atoms with E-state index in [1.54, 1.807) is 6.08 Å². The molecule has 0 saturated heterocycles. The minimum absolute atomic E-state index is 0.180. The van der Waals surface area contributed by atoms with Crippen LogP contribution in [0.5, 0.6) is 0 Å². The molecule has 0 aromatic heterocycles. The van der Waals surface area contributed by atoms with Crippen molar-refractivity contribution in [2.75, 3.05) is 18.4 Å². The van der Waals surface area contributed by atoms with Crippen molar-refractivity contribution in [3.8, 4) is 0 Å². The van der Waals surface area contributed by atoms with E-state index >= 15 is 0 Å². The first-order chi connectivity index (χ1) is 7.63. The Morgan fingerprint density at radius 2 is 2.31 bits per heavy atom. The lowest BCUT2D eigenvalue weighted by atomic mass is 10.3. The number of anilines is 1. The molecule has 86 valence electrons. The van der Waals surface area contributed by atoms with Crippen molar-refractivity contribution in [1.29, 1.82) is 0 Å². The maximum absolute atomic E-state index is 12.9. The van der Waals surface area contributed by atoms with Gasteiger partial charge in [-0.25, -0.2) is 4.39 Å². The Morgan fingerprint density at radius 3 is 2.94 bits per heavy atom. The molecular weight excluding hydrogens is 275 g/mol. The van der Waals surface area contributed by atoms with Gasteiger partial charge in [0.15, 0.2) is 0 Å². The third kappa shape index (κ3) is 4.12. The summed E-state index contributed by atoms with van der Waals surface area (Å²) in [5, 5.41) is 5.50. The van der Waals surface area contributed by atoms with Crippen molar-refractivity contribution in [3.63, 3.8) is 0 Å². The second kappa shape index (κ2) is 6.40. The fourth-order valence-corrected chi connectivity index (χ4v) is 1.45. The van der Waals surface area contributed by atoms with Gasteiger partial charge in [0.1, 0.15) is 5.82 Å². The number of carbonyl (C=O) groups excluding carboxylic acids is 1. The second-order valence-electron chi connectivity index (χ2n) is 3.10. The zero-order chi connectivity index (χ0) is 12.0. The number of hydrogen-bond acceptors (Lipinski definition) is 2. The first-order valence-electron chi connectivity index (χ1n) is 4.70. The molecule has 1 amide bonds. The molecule has 3 nitrogen and oxygen atoms in total. The van der Waals surface area contributed by atoms with Gasteiger partial charge in [0, 0.05) is 12.2 Å². The standard InChI is InChI=1S/C11H12BrFN2O/c1-2-5-14-7-11(16)15-8-3-4-10(13)9(12)6-8/h2-4,6,14H,1,5,7H2,(H,15,16). The van der Waals surface area contributed by atoms with E-state index in [0.29, 0.717) is 16.7 Å². The summed E-state index contributed by atoms with van der Waals surface area (Å²) in [4.78, 5) is 11.4. The van der Waals surface area contributed by atoms with Gasteiger partial charge in [-0.05, 0) is 34.1 Å². The number of carbonyl (C=O) groups is 1. The summed E-state index contributed by atoms with van der Waals surface area (Å²) >= 11 is 3.04. The van der Waals surface area contributed by atoms with Gasteiger partial charge in [-0.15, -0.1) is 6.58 Å². The van der Waals surface area contributed by atoms with Crippen LogP contribution in [0.2, 0.25) is 0 Å². The highest BCUT2D eigenvalue weighted by Crippen LogP contribution is 2.19. The lowest BCUT2D eigenvalue weighted by Crippen LogP contribution is -2.28. The summed E-state index contributed by atoms with van der Waals surface area (Å²) in [6.45, 7) is 4.29. The van der Waals surface area contributed by atoms with Crippen LogP contribution in [0.15, 0.2) is 35.3 Å². The Bertz CT molecular complexity index is 396. The summed E-state index contributed by atoms with van der Waals surface area (Å²) in [6.07, 6.45) is 1.67. The molecule has 0 spiro atoms. The van der Waals surface area contributed by atoms with Gasteiger partial charge in [-0.3, -0.25) is 4.79 Å². The fraction of sp³-hybridized carbons (Fsp3) is 0.182. The number of nitrogens with one attached hydrogen (secondary N) is 2. The van der Waals surface area contributed by atoms with Gasteiger partial charge in [0.25, 0.3) is 0 Å². The van der Waals surface area contributed by atoms with E-state index in [0.717, 1.165) is 0 Å². The average molecular weight is 287 g/mol. The third-order valence-corrected chi connectivity index (χ3v) is 2.39. The third-order valence-electron chi connectivity index (χ3n) is 1.78. The van der Waals surface area contributed by atoms with Crippen LogP contribution < -0.4 is 10.6 Å². The summed E-state index contributed by atoms with van der Waals surface area (Å²) < 4.78 is 13.2. The maximum Gasteiger partial charge on any atom is 0.238 e. The number of benzene rings is 1. The lowest BCUT2D eigenvalue weighted by Gasteiger charge is -2.06. The van der Waals surface area contributed by atoms with Gasteiger partial charge in [0.2, 0.25) is 5.91 Å². The molecule has 0 fully saturated rings. The summed E-state index contributed by atoms with van der Waals surface area (Å²) in [7, 11) is 0. The van der Waals surface area contributed by atoms with Gasteiger partial charge in [-0.2, -0.15) is 0 Å². The zero-order valence-corrected chi connectivity index (χ0v) is 10.2. The minimum Gasteiger partial charge on any atom is -0.325 e. The highest BCUT2D eigenvalue weighted by Gasteiger charge is 2.03. The molecule has 0 aliphatic heterocycles. The second-order valence-corrected chi connectivity index (χ2v) is 3.95. The molecule has 0 atom stereocenters. The molecule has 1 aromatic carbocycles. The molecule has 0 bridgehead atoms. The normalized spacial score (nSPS) is 9.88.